The fourth-order valence-electron chi connectivity index (χ4n) is 3.94. The summed E-state index contributed by atoms with van der Waals surface area (Å²) in [4.78, 5) is 28.4. The van der Waals surface area contributed by atoms with E-state index in [0.717, 1.165) is 57.6 Å². The van der Waals surface area contributed by atoms with Crippen molar-refractivity contribution in [2.75, 3.05) is 39.3 Å². The molecule has 150 valence electrons. The number of likely N-dealkylation sites (tertiary alicyclic amines) is 2. The summed E-state index contributed by atoms with van der Waals surface area (Å²) in [5.74, 6) is 1.15. The number of furan rings is 1. The highest BCUT2D eigenvalue weighted by Crippen LogP contribution is 2.24. The van der Waals surface area contributed by atoms with Crippen LogP contribution in [0.2, 0.25) is 0 Å². The Morgan fingerprint density at radius 3 is 2.70 bits per heavy atom. The predicted octanol–water partition coefficient (Wildman–Crippen LogP) is 2.51. The standard InChI is InChI=1S/C20H32N4O3/c25-19-9-2-1-3-13-24(19)14-7-10-21-20(26)22-16-17(18-8-6-15-27-18)23-11-4-5-12-23/h6,8,15,17H,1-5,7,9-14,16H2,(H2,21,22,26). The highest BCUT2D eigenvalue weighted by molar-refractivity contribution is 5.76. The third kappa shape index (κ3) is 5.99. The summed E-state index contributed by atoms with van der Waals surface area (Å²) in [7, 11) is 0. The Labute approximate surface area is 161 Å². The molecule has 3 amide bonds. The van der Waals surface area contributed by atoms with Gasteiger partial charge in [-0.25, -0.2) is 4.79 Å². The van der Waals surface area contributed by atoms with Crippen molar-refractivity contribution in [1.29, 1.82) is 0 Å². The van der Waals surface area contributed by atoms with Gasteiger partial charge in [-0.2, -0.15) is 0 Å². The van der Waals surface area contributed by atoms with E-state index in [4.69, 9.17) is 4.42 Å². The number of hydrogen-bond acceptors (Lipinski definition) is 4. The van der Waals surface area contributed by atoms with Crippen LogP contribution >= 0.6 is 0 Å². The summed E-state index contributed by atoms with van der Waals surface area (Å²) in [6.07, 6.45) is 8.75. The number of rotatable bonds is 8. The van der Waals surface area contributed by atoms with Gasteiger partial charge in [0.05, 0.1) is 12.3 Å². The normalized spacial score (nSPS) is 19.7. The SMILES string of the molecule is O=C(NCCCN1CCCCCC1=O)NCC(c1ccco1)N1CCCC1. The topological polar surface area (TPSA) is 77.8 Å². The molecule has 1 aromatic rings. The van der Waals surface area contributed by atoms with Crippen LogP contribution in [0.3, 0.4) is 0 Å². The maximum atomic E-state index is 12.2. The molecule has 2 fully saturated rings. The largest absolute Gasteiger partial charge is 0.468 e. The van der Waals surface area contributed by atoms with Gasteiger partial charge in [-0.3, -0.25) is 9.69 Å². The smallest absolute Gasteiger partial charge is 0.314 e. The van der Waals surface area contributed by atoms with Crippen LogP contribution < -0.4 is 10.6 Å². The van der Waals surface area contributed by atoms with E-state index in [1.165, 1.54) is 12.8 Å². The molecule has 1 aromatic heterocycles. The minimum absolute atomic E-state index is 0.0861. The lowest BCUT2D eigenvalue weighted by Crippen LogP contribution is -2.42. The summed E-state index contributed by atoms with van der Waals surface area (Å²) >= 11 is 0. The third-order valence-corrected chi connectivity index (χ3v) is 5.47. The van der Waals surface area contributed by atoms with Crippen molar-refractivity contribution in [2.24, 2.45) is 0 Å². The van der Waals surface area contributed by atoms with Gasteiger partial charge in [0.15, 0.2) is 0 Å². The number of amides is 3. The van der Waals surface area contributed by atoms with Gasteiger partial charge >= 0.3 is 6.03 Å². The van der Waals surface area contributed by atoms with Gasteiger partial charge in [-0.1, -0.05) is 6.42 Å². The first-order valence-electron chi connectivity index (χ1n) is 10.3. The molecule has 27 heavy (non-hydrogen) atoms. The quantitative estimate of drug-likeness (QED) is 0.684. The highest BCUT2D eigenvalue weighted by Gasteiger charge is 2.25. The number of carbonyl (C=O) groups excluding carboxylic acids is 2. The Balaban J connectivity index is 1.36. The molecule has 7 heteroatoms. The minimum atomic E-state index is -0.159. The van der Waals surface area contributed by atoms with Crippen molar-refractivity contribution in [1.82, 2.24) is 20.4 Å². The molecule has 2 aliphatic heterocycles. The van der Waals surface area contributed by atoms with Crippen molar-refractivity contribution in [3.63, 3.8) is 0 Å². The van der Waals surface area contributed by atoms with Crippen LogP contribution in [-0.4, -0.2) is 61.0 Å². The van der Waals surface area contributed by atoms with E-state index in [9.17, 15) is 9.59 Å². The maximum Gasteiger partial charge on any atom is 0.314 e. The van der Waals surface area contributed by atoms with E-state index >= 15 is 0 Å². The molecule has 0 radical (unpaired) electrons. The molecule has 2 N–H and O–H groups in total. The van der Waals surface area contributed by atoms with Crippen LogP contribution in [0, 0.1) is 0 Å². The van der Waals surface area contributed by atoms with Gasteiger partial charge in [-0.05, 0) is 57.3 Å². The lowest BCUT2D eigenvalue weighted by molar-refractivity contribution is -0.130. The molecule has 1 unspecified atom stereocenters. The molecule has 7 nitrogen and oxygen atoms in total. The van der Waals surface area contributed by atoms with E-state index in [1.54, 1.807) is 6.26 Å². The second-order valence-corrected chi connectivity index (χ2v) is 7.46. The van der Waals surface area contributed by atoms with Crippen LogP contribution in [0.5, 0.6) is 0 Å². The third-order valence-electron chi connectivity index (χ3n) is 5.47. The molecule has 2 aliphatic rings. The minimum Gasteiger partial charge on any atom is -0.468 e. The number of urea groups is 1. The van der Waals surface area contributed by atoms with Gasteiger partial charge in [0.2, 0.25) is 5.91 Å². The zero-order valence-electron chi connectivity index (χ0n) is 16.1. The monoisotopic (exact) mass is 376 g/mol. The molecule has 0 spiro atoms. The molecule has 0 aromatic carbocycles. The van der Waals surface area contributed by atoms with Crippen LogP contribution in [0.25, 0.3) is 0 Å². The van der Waals surface area contributed by atoms with Crippen molar-refractivity contribution in [3.05, 3.63) is 24.2 Å². The first-order valence-corrected chi connectivity index (χ1v) is 10.3. The predicted molar refractivity (Wildman–Crippen MR) is 103 cm³/mol. The number of hydrogen-bond donors (Lipinski definition) is 2. The lowest BCUT2D eigenvalue weighted by Gasteiger charge is -2.26. The zero-order valence-corrected chi connectivity index (χ0v) is 16.1. The fraction of sp³-hybridized carbons (Fsp3) is 0.700. The summed E-state index contributed by atoms with van der Waals surface area (Å²) < 4.78 is 5.58. The molecular weight excluding hydrogens is 344 g/mol. The fourth-order valence-corrected chi connectivity index (χ4v) is 3.94. The van der Waals surface area contributed by atoms with E-state index in [1.807, 2.05) is 17.0 Å². The highest BCUT2D eigenvalue weighted by atomic mass is 16.3. The van der Waals surface area contributed by atoms with Crippen LogP contribution in [0.1, 0.15) is 56.7 Å². The zero-order chi connectivity index (χ0) is 18.9. The van der Waals surface area contributed by atoms with Gasteiger partial charge in [0, 0.05) is 32.6 Å². The Kier molecular flexibility index (Phi) is 7.56. The van der Waals surface area contributed by atoms with Crippen molar-refractivity contribution >= 4 is 11.9 Å². The second-order valence-electron chi connectivity index (χ2n) is 7.46. The van der Waals surface area contributed by atoms with E-state index in [0.29, 0.717) is 19.5 Å². The average Bonchev–Trinajstić information content (AvgIpc) is 3.34. The summed E-state index contributed by atoms with van der Waals surface area (Å²) in [5.41, 5.74) is 0. The van der Waals surface area contributed by atoms with Gasteiger partial charge < -0.3 is 20.0 Å². The Hall–Kier alpha value is -2.02. The Bertz CT molecular complexity index is 584. The van der Waals surface area contributed by atoms with Gasteiger partial charge in [0.1, 0.15) is 5.76 Å². The second kappa shape index (κ2) is 10.3. The number of nitrogens with zero attached hydrogens (tertiary/aromatic N) is 2. The van der Waals surface area contributed by atoms with Gasteiger partial charge in [0.25, 0.3) is 0 Å². The van der Waals surface area contributed by atoms with Crippen LogP contribution in [0.15, 0.2) is 22.8 Å². The van der Waals surface area contributed by atoms with Crippen molar-refractivity contribution in [3.8, 4) is 0 Å². The molecule has 0 bridgehead atoms. The summed E-state index contributed by atoms with van der Waals surface area (Å²) in [6.45, 7) is 4.76. The Morgan fingerprint density at radius 2 is 1.93 bits per heavy atom. The van der Waals surface area contributed by atoms with E-state index in [-0.39, 0.29) is 18.0 Å². The van der Waals surface area contributed by atoms with E-state index < -0.39 is 0 Å². The molecular formula is C20H32N4O3. The summed E-state index contributed by atoms with van der Waals surface area (Å²) in [5, 5.41) is 5.88. The van der Waals surface area contributed by atoms with Crippen LogP contribution in [-0.2, 0) is 4.79 Å². The first-order chi connectivity index (χ1) is 13.2. The Morgan fingerprint density at radius 1 is 1.11 bits per heavy atom. The van der Waals surface area contributed by atoms with Crippen molar-refractivity contribution < 1.29 is 14.0 Å². The maximum absolute atomic E-state index is 12.2. The number of carbonyl (C=O) groups is 2. The van der Waals surface area contributed by atoms with Gasteiger partial charge in [-0.15, -0.1) is 0 Å². The summed E-state index contributed by atoms with van der Waals surface area (Å²) in [6, 6.07) is 3.79. The van der Waals surface area contributed by atoms with Crippen LogP contribution in [0.4, 0.5) is 4.79 Å². The molecule has 3 rings (SSSR count). The lowest BCUT2D eigenvalue weighted by atomic mass is 10.2. The molecule has 3 heterocycles. The molecule has 1 atom stereocenters. The number of nitrogens with one attached hydrogen (secondary N) is 2. The molecule has 2 saturated heterocycles. The molecule has 0 aliphatic carbocycles. The average molecular weight is 377 g/mol. The first kappa shape index (κ1) is 19.7. The van der Waals surface area contributed by atoms with Crippen molar-refractivity contribution in [2.45, 2.75) is 51.0 Å². The van der Waals surface area contributed by atoms with E-state index in [2.05, 4.69) is 15.5 Å². The molecule has 0 saturated carbocycles.